The maximum Gasteiger partial charge on any atom is 0.325 e. The highest BCUT2D eigenvalue weighted by Crippen LogP contribution is 2.25. The Bertz CT molecular complexity index is 508. The Hall–Kier alpha value is -1.70. The number of rotatable bonds is 12. The molecule has 2 aliphatic heterocycles. The maximum absolute atomic E-state index is 12.6. The fourth-order valence-corrected chi connectivity index (χ4v) is 3.39. The van der Waals surface area contributed by atoms with Crippen molar-refractivity contribution in [1.82, 2.24) is 19.6 Å². The van der Waals surface area contributed by atoms with Crippen molar-refractivity contribution in [3.05, 3.63) is 0 Å². The average Bonchev–Trinajstić information content (AvgIpc) is 3.02. The van der Waals surface area contributed by atoms with Crippen LogP contribution in [0, 0.1) is 0 Å². The largest absolute Gasteiger partial charge is 0.385 e. The van der Waals surface area contributed by atoms with Crippen molar-refractivity contribution in [2.45, 2.75) is 50.6 Å². The molecule has 0 aromatic heterocycles. The van der Waals surface area contributed by atoms with Gasteiger partial charge in [-0.15, -0.1) is 0 Å². The molecular weight excluding hydrogens is 388 g/mol. The minimum atomic E-state index is -1.56. The van der Waals surface area contributed by atoms with Crippen LogP contribution < -0.4 is 0 Å². The molecule has 2 heterocycles. The molecule has 2 saturated heterocycles. The van der Waals surface area contributed by atoms with E-state index in [1.807, 2.05) is 0 Å². The maximum atomic E-state index is 12.6. The Kier molecular flexibility index (Phi) is 8.86. The van der Waals surface area contributed by atoms with Crippen molar-refractivity contribution >= 4 is 12.1 Å². The topological polar surface area (TPSA) is 146 Å². The summed E-state index contributed by atoms with van der Waals surface area (Å²) in [6.07, 6.45) is -3.53. The molecule has 4 N–H and O–H groups in total. The fourth-order valence-electron chi connectivity index (χ4n) is 3.39. The molecule has 4 amide bonds. The fraction of sp³-hybridized carbons (Fsp3) is 0.882. The van der Waals surface area contributed by atoms with Crippen LogP contribution in [0.4, 0.5) is 9.59 Å². The predicted molar refractivity (Wildman–Crippen MR) is 99.0 cm³/mol. The molecule has 168 valence electrons. The summed E-state index contributed by atoms with van der Waals surface area (Å²) >= 11 is 0. The van der Waals surface area contributed by atoms with Gasteiger partial charge < -0.3 is 29.9 Å². The number of carbonyl (C=O) groups excluding carboxylic acids is 2. The molecule has 0 aromatic rings. The van der Waals surface area contributed by atoms with E-state index in [-0.39, 0.29) is 13.1 Å². The van der Waals surface area contributed by atoms with Gasteiger partial charge in [-0.1, -0.05) is 0 Å². The number of unbranched alkanes of at least 4 members (excludes halogenated alkanes) is 2. The first-order valence-corrected chi connectivity index (χ1v) is 9.69. The lowest BCUT2D eigenvalue weighted by Gasteiger charge is -2.27. The molecule has 29 heavy (non-hydrogen) atoms. The molecule has 2 aliphatic rings. The van der Waals surface area contributed by atoms with E-state index >= 15 is 0 Å². The molecule has 0 spiro atoms. The lowest BCUT2D eigenvalue weighted by molar-refractivity contribution is -0.0982. The van der Waals surface area contributed by atoms with Gasteiger partial charge in [0.15, 0.2) is 24.9 Å². The van der Waals surface area contributed by atoms with Gasteiger partial charge in [0.2, 0.25) is 0 Å². The normalized spacial score (nSPS) is 27.7. The molecule has 2 fully saturated rings. The number of aliphatic hydroxyl groups is 4. The summed E-state index contributed by atoms with van der Waals surface area (Å²) in [6.45, 7) is 0.981. The highest BCUT2D eigenvalue weighted by Gasteiger charge is 2.49. The van der Waals surface area contributed by atoms with E-state index in [2.05, 4.69) is 0 Å². The van der Waals surface area contributed by atoms with Crippen molar-refractivity contribution in [2.75, 3.05) is 47.2 Å². The number of hydrogen-bond donors (Lipinski definition) is 4. The molecule has 4 atom stereocenters. The Morgan fingerprint density at radius 1 is 0.655 bits per heavy atom. The third kappa shape index (κ3) is 5.27. The zero-order chi connectivity index (χ0) is 21.6. The Balaban J connectivity index is 1.96. The average molecular weight is 420 g/mol. The first kappa shape index (κ1) is 23.6. The zero-order valence-corrected chi connectivity index (χ0v) is 16.9. The van der Waals surface area contributed by atoms with Crippen LogP contribution in [-0.4, -0.2) is 124 Å². The van der Waals surface area contributed by atoms with Crippen molar-refractivity contribution < 1.29 is 39.5 Å². The predicted octanol–water partition coefficient (Wildman–Crippen LogP) is -1.45. The third-order valence-electron chi connectivity index (χ3n) is 5.09. The summed E-state index contributed by atoms with van der Waals surface area (Å²) < 4.78 is 9.89. The van der Waals surface area contributed by atoms with Crippen LogP contribution in [0.1, 0.15) is 25.7 Å². The Labute approximate surface area is 169 Å². The molecular formula is C17H32N4O8. The molecule has 0 radical (unpaired) electrons. The van der Waals surface area contributed by atoms with Crippen molar-refractivity contribution in [3.63, 3.8) is 0 Å². The second kappa shape index (κ2) is 10.9. The number of methoxy groups -OCH3 is 2. The van der Waals surface area contributed by atoms with E-state index < -0.39 is 43.6 Å². The van der Waals surface area contributed by atoms with E-state index in [0.717, 1.165) is 19.6 Å². The van der Waals surface area contributed by atoms with Gasteiger partial charge >= 0.3 is 12.1 Å². The summed E-state index contributed by atoms with van der Waals surface area (Å²) in [4.78, 5) is 29.2. The van der Waals surface area contributed by atoms with Crippen LogP contribution in [0.5, 0.6) is 0 Å². The summed E-state index contributed by atoms with van der Waals surface area (Å²) in [5.74, 6) is 0. The van der Waals surface area contributed by atoms with Gasteiger partial charge in [0.05, 0.1) is 0 Å². The van der Waals surface area contributed by atoms with Crippen molar-refractivity contribution in [3.8, 4) is 0 Å². The van der Waals surface area contributed by atoms with Crippen LogP contribution in [0.25, 0.3) is 0 Å². The standard InChI is InChI=1S/C17H32N4O8/c1-28-9-5-3-7-18-12(22)14(24)20(16(18)26)11-21-15(25)13(23)19(17(21)27)8-4-6-10-29-2/h12-15,22-25H,3-11H2,1-2H3. The number of nitrogens with zero attached hydrogens (tertiary/aromatic N) is 4. The summed E-state index contributed by atoms with van der Waals surface area (Å²) in [6, 6.07) is -1.31. The summed E-state index contributed by atoms with van der Waals surface area (Å²) in [7, 11) is 3.13. The van der Waals surface area contributed by atoms with Crippen molar-refractivity contribution in [2.24, 2.45) is 0 Å². The minimum absolute atomic E-state index is 0.210. The highest BCUT2D eigenvalue weighted by atomic mass is 16.5. The van der Waals surface area contributed by atoms with E-state index in [9.17, 15) is 30.0 Å². The monoisotopic (exact) mass is 420 g/mol. The Morgan fingerprint density at radius 3 is 1.34 bits per heavy atom. The Morgan fingerprint density at radius 2 is 1.00 bits per heavy atom. The molecule has 12 nitrogen and oxygen atoms in total. The molecule has 0 aromatic carbocycles. The van der Waals surface area contributed by atoms with Gasteiger partial charge in [-0.3, -0.25) is 19.6 Å². The van der Waals surface area contributed by atoms with Gasteiger partial charge in [-0.25, -0.2) is 9.59 Å². The zero-order valence-electron chi connectivity index (χ0n) is 16.9. The van der Waals surface area contributed by atoms with E-state index in [0.29, 0.717) is 38.9 Å². The molecule has 0 bridgehead atoms. The molecule has 0 saturated carbocycles. The number of hydrogen-bond acceptors (Lipinski definition) is 8. The minimum Gasteiger partial charge on any atom is -0.385 e. The number of carbonyl (C=O) groups is 2. The smallest absolute Gasteiger partial charge is 0.325 e. The van der Waals surface area contributed by atoms with Gasteiger partial charge in [-0.05, 0) is 25.7 Å². The van der Waals surface area contributed by atoms with E-state index in [1.54, 1.807) is 14.2 Å². The van der Waals surface area contributed by atoms with Gasteiger partial charge in [0.25, 0.3) is 0 Å². The van der Waals surface area contributed by atoms with E-state index in [1.165, 1.54) is 0 Å². The number of urea groups is 2. The van der Waals surface area contributed by atoms with Crippen LogP contribution >= 0.6 is 0 Å². The van der Waals surface area contributed by atoms with Gasteiger partial charge in [-0.2, -0.15) is 0 Å². The molecule has 12 heteroatoms. The van der Waals surface area contributed by atoms with Crippen LogP contribution in [0.3, 0.4) is 0 Å². The first-order chi connectivity index (χ1) is 13.8. The third-order valence-corrected chi connectivity index (χ3v) is 5.09. The first-order valence-electron chi connectivity index (χ1n) is 9.69. The summed E-state index contributed by atoms with van der Waals surface area (Å²) in [5, 5.41) is 40.8. The lowest BCUT2D eigenvalue weighted by atomic mass is 10.3. The van der Waals surface area contributed by atoms with Crippen LogP contribution in [0.15, 0.2) is 0 Å². The van der Waals surface area contributed by atoms with E-state index in [4.69, 9.17) is 9.47 Å². The quantitative estimate of drug-likeness (QED) is 0.280. The molecule has 4 unspecified atom stereocenters. The number of ether oxygens (including phenoxy) is 2. The van der Waals surface area contributed by atoms with Gasteiger partial charge in [0, 0.05) is 40.5 Å². The lowest BCUT2D eigenvalue weighted by Crippen LogP contribution is -2.48. The number of aliphatic hydroxyl groups excluding tert-OH is 4. The highest BCUT2D eigenvalue weighted by molar-refractivity contribution is 5.80. The molecule has 2 rings (SSSR count). The second-order valence-electron chi connectivity index (χ2n) is 7.09. The summed E-state index contributed by atoms with van der Waals surface area (Å²) in [5.41, 5.74) is 0. The second-order valence-corrected chi connectivity index (χ2v) is 7.09. The van der Waals surface area contributed by atoms with Crippen LogP contribution in [0.2, 0.25) is 0 Å². The van der Waals surface area contributed by atoms with Gasteiger partial charge in [0.1, 0.15) is 6.67 Å². The molecule has 0 aliphatic carbocycles. The number of amides is 4. The van der Waals surface area contributed by atoms with Crippen molar-refractivity contribution in [1.29, 1.82) is 0 Å². The van der Waals surface area contributed by atoms with Crippen LogP contribution in [-0.2, 0) is 9.47 Å². The SMILES string of the molecule is COCCCCN1C(=O)N(CN2C(=O)N(CCCCOC)C(O)C2O)C(O)C1O.